The van der Waals surface area contributed by atoms with Crippen molar-refractivity contribution in [3.63, 3.8) is 0 Å². The minimum Gasteiger partial charge on any atom is -0.480 e. The first-order chi connectivity index (χ1) is 13.1. The summed E-state index contributed by atoms with van der Waals surface area (Å²) < 4.78 is 0. The Morgan fingerprint density at radius 1 is 1.00 bits per heavy atom. The van der Waals surface area contributed by atoms with Gasteiger partial charge in [0.15, 0.2) is 0 Å². The largest absolute Gasteiger partial charge is 0.480 e. The topological polar surface area (TPSA) is 214 Å². The molecule has 0 saturated heterocycles. The number of amides is 4. The molecule has 12 heteroatoms. The molecule has 4 unspecified atom stereocenters. The highest BCUT2D eigenvalue weighted by atomic mass is 16.4. The third-order valence-electron chi connectivity index (χ3n) is 4.11. The zero-order valence-corrected chi connectivity index (χ0v) is 15.9. The van der Waals surface area contributed by atoms with Crippen molar-refractivity contribution < 1.29 is 34.2 Å². The van der Waals surface area contributed by atoms with Crippen molar-refractivity contribution in [3.8, 4) is 0 Å². The number of aliphatic hydroxyl groups excluding tert-OH is 1. The van der Waals surface area contributed by atoms with Gasteiger partial charge >= 0.3 is 5.97 Å². The predicted octanol–water partition coefficient (Wildman–Crippen LogP) is -3.21. The number of carboxylic acid groups (broad SMARTS) is 1. The predicted molar refractivity (Wildman–Crippen MR) is 97.5 cm³/mol. The second-order valence-electron chi connectivity index (χ2n) is 6.28. The maximum atomic E-state index is 12.4. The van der Waals surface area contributed by atoms with E-state index in [0.29, 0.717) is 6.42 Å². The molecule has 9 N–H and O–H groups in total. The van der Waals surface area contributed by atoms with E-state index in [2.05, 4.69) is 16.0 Å². The molecular weight excluding hydrogens is 374 g/mol. The molecule has 0 aromatic heterocycles. The Hall–Kier alpha value is -2.73. The molecule has 4 atom stereocenters. The number of carbonyl (C=O) groups excluding carboxylic acids is 4. The summed E-state index contributed by atoms with van der Waals surface area (Å²) in [7, 11) is 0. The van der Waals surface area contributed by atoms with Crippen LogP contribution in [0.15, 0.2) is 0 Å². The highest BCUT2D eigenvalue weighted by molar-refractivity contribution is 5.94. The lowest BCUT2D eigenvalue weighted by Crippen LogP contribution is -2.58. The molecule has 0 aromatic carbocycles. The average Bonchev–Trinajstić information content (AvgIpc) is 2.65. The van der Waals surface area contributed by atoms with Gasteiger partial charge in [-0.3, -0.25) is 19.2 Å². The Morgan fingerprint density at radius 3 is 2.00 bits per heavy atom. The van der Waals surface area contributed by atoms with E-state index in [9.17, 15) is 34.2 Å². The van der Waals surface area contributed by atoms with Gasteiger partial charge in [0.2, 0.25) is 23.6 Å². The number of carbonyl (C=O) groups is 5. The van der Waals surface area contributed by atoms with Gasteiger partial charge in [0.05, 0.1) is 13.2 Å². The molecule has 160 valence electrons. The molecule has 0 aromatic rings. The lowest BCUT2D eigenvalue weighted by molar-refractivity contribution is -0.144. The van der Waals surface area contributed by atoms with E-state index in [1.165, 1.54) is 0 Å². The molecule has 0 saturated carbocycles. The lowest BCUT2D eigenvalue weighted by Gasteiger charge is -2.25. The van der Waals surface area contributed by atoms with Crippen molar-refractivity contribution in [3.05, 3.63) is 0 Å². The molecular formula is C16H29N5O7. The number of nitrogens with two attached hydrogens (primary N) is 2. The van der Waals surface area contributed by atoms with E-state index in [1.54, 1.807) is 13.8 Å². The van der Waals surface area contributed by atoms with Crippen molar-refractivity contribution >= 4 is 29.6 Å². The standard InChI is InChI=1S/C16H29N5O7/c1-3-8(2)13(16(27)28)21-15(26)10(7-22)20-14(25)9(4-5-11(18)23)19-12(24)6-17/h8-10,13,22H,3-7,17H2,1-2H3,(H2,18,23)(H,19,24)(H,20,25)(H,21,26)(H,27,28). The average molecular weight is 403 g/mol. The zero-order valence-electron chi connectivity index (χ0n) is 15.9. The maximum absolute atomic E-state index is 12.4. The van der Waals surface area contributed by atoms with Gasteiger partial charge in [-0.05, 0) is 12.3 Å². The van der Waals surface area contributed by atoms with Crippen LogP contribution >= 0.6 is 0 Å². The molecule has 0 bridgehead atoms. The summed E-state index contributed by atoms with van der Waals surface area (Å²) >= 11 is 0. The smallest absolute Gasteiger partial charge is 0.326 e. The van der Waals surface area contributed by atoms with Gasteiger partial charge < -0.3 is 37.6 Å². The molecule has 0 spiro atoms. The minimum atomic E-state index is -1.45. The van der Waals surface area contributed by atoms with Crippen LogP contribution in [0.3, 0.4) is 0 Å². The summed E-state index contributed by atoms with van der Waals surface area (Å²) in [5.74, 6) is -4.76. The monoisotopic (exact) mass is 403 g/mol. The molecule has 0 aliphatic carbocycles. The normalized spacial score (nSPS) is 14.9. The molecule has 0 rings (SSSR count). The highest BCUT2D eigenvalue weighted by Gasteiger charge is 2.31. The molecule has 0 aliphatic rings. The van der Waals surface area contributed by atoms with Crippen LogP contribution in [0.5, 0.6) is 0 Å². The van der Waals surface area contributed by atoms with E-state index in [1.807, 2.05) is 0 Å². The van der Waals surface area contributed by atoms with E-state index < -0.39 is 60.9 Å². The molecule has 28 heavy (non-hydrogen) atoms. The number of aliphatic carboxylic acids is 1. The molecule has 0 aliphatic heterocycles. The minimum absolute atomic E-state index is 0.142. The van der Waals surface area contributed by atoms with Gasteiger partial charge in [-0.15, -0.1) is 0 Å². The van der Waals surface area contributed by atoms with Crippen LogP contribution < -0.4 is 27.4 Å². The number of nitrogens with one attached hydrogen (secondary N) is 3. The van der Waals surface area contributed by atoms with Gasteiger partial charge in [0.1, 0.15) is 18.1 Å². The summed E-state index contributed by atoms with van der Waals surface area (Å²) in [5, 5.41) is 25.4. The van der Waals surface area contributed by atoms with Crippen LogP contribution in [0, 0.1) is 5.92 Å². The Labute approximate surface area is 162 Å². The fourth-order valence-corrected chi connectivity index (χ4v) is 2.21. The lowest BCUT2D eigenvalue weighted by atomic mass is 9.99. The summed E-state index contributed by atoms with van der Waals surface area (Å²) in [6, 6.07) is -3.87. The molecule has 12 nitrogen and oxygen atoms in total. The number of hydrogen-bond acceptors (Lipinski definition) is 7. The van der Waals surface area contributed by atoms with Crippen molar-refractivity contribution in [1.29, 1.82) is 0 Å². The van der Waals surface area contributed by atoms with Crippen LogP contribution in [0.2, 0.25) is 0 Å². The van der Waals surface area contributed by atoms with Gasteiger partial charge in [-0.2, -0.15) is 0 Å². The summed E-state index contributed by atoms with van der Waals surface area (Å²) in [6.07, 6.45) is 0.124. The van der Waals surface area contributed by atoms with Gasteiger partial charge in [-0.25, -0.2) is 4.79 Å². The quantitative estimate of drug-likeness (QED) is 0.166. The van der Waals surface area contributed by atoms with Crippen LogP contribution in [0.1, 0.15) is 33.1 Å². The zero-order chi connectivity index (χ0) is 21.9. The van der Waals surface area contributed by atoms with Crippen LogP contribution in [-0.4, -0.2) is 71.1 Å². The van der Waals surface area contributed by atoms with Crippen LogP contribution in [-0.2, 0) is 24.0 Å². The first-order valence-corrected chi connectivity index (χ1v) is 8.79. The van der Waals surface area contributed by atoms with Crippen molar-refractivity contribution in [1.82, 2.24) is 16.0 Å². The fraction of sp³-hybridized carbons (Fsp3) is 0.688. The second kappa shape index (κ2) is 12.6. The molecule has 0 radical (unpaired) electrons. The Bertz CT molecular complexity index is 584. The van der Waals surface area contributed by atoms with Gasteiger partial charge in [-0.1, -0.05) is 20.3 Å². The summed E-state index contributed by atoms with van der Waals surface area (Å²) in [5.41, 5.74) is 10.2. The number of hydrogen-bond donors (Lipinski definition) is 7. The van der Waals surface area contributed by atoms with E-state index in [-0.39, 0.29) is 18.8 Å². The Balaban J connectivity index is 5.16. The van der Waals surface area contributed by atoms with E-state index in [4.69, 9.17) is 11.5 Å². The number of rotatable bonds is 13. The highest BCUT2D eigenvalue weighted by Crippen LogP contribution is 2.08. The Kier molecular flexibility index (Phi) is 11.4. The van der Waals surface area contributed by atoms with Gasteiger partial charge in [0.25, 0.3) is 0 Å². The van der Waals surface area contributed by atoms with Gasteiger partial charge in [0, 0.05) is 6.42 Å². The first-order valence-electron chi connectivity index (χ1n) is 8.79. The maximum Gasteiger partial charge on any atom is 0.326 e. The summed E-state index contributed by atoms with van der Waals surface area (Å²) in [4.78, 5) is 58.4. The fourth-order valence-electron chi connectivity index (χ4n) is 2.21. The van der Waals surface area contributed by atoms with E-state index >= 15 is 0 Å². The van der Waals surface area contributed by atoms with E-state index in [0.717, 1.165) is 0 Å². The second-order valence-corrected chi connectivity index (χ2v) is 6.28. The number of carboxylic acids is 1. The SMILES string of the molecule is CCC(C)C(NC(=O)C(CO)NC(=O)C(CCC(N)=O)NC(=O)CN)C(=O)O. The summed E-state index contributed by atoms with van der Waals surface area (Å²) in [6.45, 7) is 2.17. The van der Waals surface area contributed by atoms with Crippen LogP contribution in [0.4, 0.5) is 0 Å². The third kappa shape index (κ3) is 8.77. The molecule has 0 heterocycles. The van der Waals surface area contributed by atoms with Crippen molar-refractivity contribution in [2.45, 2.75) is 51.2 Å². The van der Waals surface area contributed by atoms with Crippen molar-refractivity contribution in [2.75, 3.05) is 13.2 Å². The molecule has 4 amide bonds. The van der Waals surface area contributed by atoms with Crippen LogP contribution in [0.25, 0.3) is 0 Å². The number of primary amides is 1. The third-order valence-corrected chi connectivity index (χ3v) is 4.11. The van der Waals surface area contributed by atoms with Crippen molar-refractivity contribution in [2.24, 2.45) is 17.4 Å². The first kappa shape index (κ1) is 25.3. The number of aliphatic hydroxyl groups is 1. The Morgan fingerprint density at radius 2 is 1.57 bits per heavy atom. The molecule has 0 fully saturated rings.